The largest absolute Gasteiger partial charge is 0.352 e. The van der Waals surface area contributed by atoms with Gasteiger partial charge in [-0.3, -0.25) is 0 Å². The van der Waals surface area contributed by atoms with Gasteiger partial charge in [0.2, 0.25) is 0 Å². The third-order valence-corrected chi connectivity index (χ3v) is 6.82. The summed E-state index contributed by atoms with van der Waals surface area (Å²) >= 11 is 0. The van der Waals surface area contributed by atoms with Crippen LogP contribution in [0.5, 0.6) is 0 Å². The van der Waals surface area contributed by atoms with Crippen molar-refractivity contribution in [1.82, 2.24) is 0 Å². The van der Waals surface area contributed by atoms with Crippen LogP contribution in [0.1, 0.15) is 64.2 Å². The molecule has 0 N–H and O–H groups in total. The molecule has 3 aliphatic rings. The average molecular weight is 369 g/mol. The minimum Gasteiger partial charge on any atom is -0.352 e. The van der Waals surface area contributed by atoms with E-state index in [1.165, 1.54) is 31.8 Å². The molecule has 4 heteroatoms. The fourth-order valence-corrected chi connectivity index (χ4v) is 5.20. The van der Waals surface area contributed by atoms with E-state index in [-0.39, 0.29) is 12.2 Å². The van der Waals surface area contributed by atoms with E-state index in [9.17, 15) is 8.78 Å². The maximum absolute atomic E-state index is 12.4. The number of halogens is 2. The second kappa shape index (κ2) is 9.98. The van der Waals surface area contributed by atoms with Crippen LogP contribution < -0.4 is 0 Å². The molecule has 2 nitrogen and oxygen atoms in total. The van der Waals surface area contributed by atoms with Gasteiger partial charge in [-0.15, -0.1) is 6.58 Å². The molecule has 0 aromatic heterocycles. The van der Waals surface area contributed by atoms with Gasteiger partial charge < -0.3 is 9.47 Å². The summed E-state index contributed by atoms with van der Waals surface area (Å²) in [5.74, 6) is 2.66. The molecular formula is C22H34F2O2. The van der Waals surface area contributed by atoms with E-state index < -0.39 is 6.08 Å². The molecule has 1 saturated heterocycles. The number of allylic oxidation sites excluding steroid dienone is 2. The summed E-state index contributed by atoms with van der Waals surface area (Å²) in [7, 11) is 0. The van der Waals surface area contributed by atoms with Gasteiger partial charge >= 0.3 is 0 Å². The van der Waals surface area contributed by atoms with Crippen LogP contribution in [0.4, 0.5) is 8.78 Å². The smallest absolute Gasteiger partial charge is 0.266 e. The molecule has 0 atom stereocenters. The zero-order chi connectivity index (χ0) is 18.4. The normalized spacial score (nSPS) is 38.5. The number of hydrogen-bond donors (Lipinski definition) is 0. The van der Waals surface area contributed by atoms with Gasteiger partial charge in [0.25, 0.3) is 6.08 Å². The van der Waals surface area contributed by atoms with E-state index in [0.717, 1.165) is 63.6 Å². The first-order valence-corrected chi connectivity index (χ1v) is 10.5. The van der Waals surface area contributed by atoms with E-state index in [4.69, 9.17) is 9.47 Å². The number of rotatable bonds is 6. The van der Waals surface area contributed by atoms with Crippen LogP contribution in [-0.2, 0) is 9.47 Å². The molecule has 1 aliphatic heterocycles. The first-order chi connectivity index (χ1) is 12.7. The highest BCUT2D eigenvalue weighted by Gasteiger charge is 2.35. The molecule has 0 radical (unpaired) electrons. The fourth-order valence-electron chi connectivity index (χ4n) is 5.20. The topological polar surface area (TPSA) is 18.5 Å². The summed E-state index contributed by atoms with van der Waals surface area (Å²) in [6.07, 6.45) is 12.7. The van der Waals surface area contributed by atoms with Gasteiger partial charge in [0.1, 0.15) is 0 Å². The molecule has 3 fully saturated rings. The van der Waals surface area contributed by atoms with Crippen LogP contribution in [-0.4, -0.2) is 19.5 Å². The van der Waals surface area contributed by atoms with E-state index in [2.05, 4.69) is 6.58 Å². The lowest BCUT2D eigenvalue weighted by Crippen LogP contribution is -2.39. The molecule has 0 bridgehead atoms. The number of ether oxygens (including phenoxy) is 2. The van der Waals surface area contributed by atoms with Crippen LogP contribution in [0, 0.1) is 29.6 Å². The molecular weight excluding hydrogens is 334 g/mol. The molecule has 2 saturated carbocycles. The molecule has 0 spiro atoms. The van der Waals surface area contributed by atoms with Crippen LogP contribution in [0.15, 0.2) is 24.8 Å². The lowest BCUT2D eigenvalue weighted by atomic mass is 9.69. The van der Waals surface area contributed by atoms with Crippen molar-refractivity contribution in [1.29, 1.82) is 0 Å². The van der Waals surface area contributed by atoms with Gasteiger partial charge in [-0.1, -0.05) is 6.08 Å². The van der Waals surface area contributed by atoms with Crippen molar-refractivity contribution in [2.75, 3.05) is 13.2 Å². The molecule has 3 rings (SSSR count). The summed E-state index contributed by atoms with van der Waals surface area (Å²) in [4.78, 5) is 0. The Morgan fingerprint density at radius 1 is 0.846 bits per heavy atom. The van der Waals surface area contributed by atoms with Crippen LogP contribution >= 0.6 is 0 Å². The predicted molar refractivity (Wildman–Crippen MR) is 99.8 cm³/mol. The molecule has 0 unspecified atom stereocenters. The molecule has 0 aromatic rings. The zero-order valence-corrected chi connectivity index (χ0v) is 15.9. The monoisotopic (exact) mass is 368 g/mol. The standard InChI is InChI=1S/C22H34F2O2/c1-2-3-4-17-14-25-22(26-15-17)20-11-9-19(10-12-20)18-7-5-16(6-8-18)13-21(23)24/h2,13,16-20,22H,1,3-12,14-15H2. The Kier molecular flexibility index (Phi) is 7.68. The Morgan fingerprint density at radius 3 is 1.92 bits per heavy atom. The lowest BCUT2D eigenvalue weighted by Gasteiger charge is -2.40. The Hall–Kier alpha value is -0.740. The van der Waals surface area contributed by atoms with Crippen LogP contribution in [0.25, 0.3) is 0 Å². The van der Waals surface area contributed by atoms with Gasteiger partial charge in [0, 0.05) is 11.8 Å². The van der Waals surface area contributed by atoms with Crippen molar-refractivity contribution in [2.45, 2.75) is 70.5 Å². The first-order valence-electron chi connectivity index (χ1n) is 10.5. The van der Waals surface area contributed by atoms with Gasteiger partial charge in [-0.25, -0.2) is 0 Å². The van der Waals surface area contributed by atoms with Gasteiger partial charge in [-0.2, -0.15) is 8.78 Å². The van der Waals surface area contributed by atoms with Gasteiger partial charge in [0.15, 0.2) is 6.29 Å². The van der Waals surface area contributed by atoms with Crippen molar-refractivity contribution < 1.29 is 18.3 Å². The highest BCUT2D eigenvalue weighted by atomic mass is 19.3. The number of hydrogen-bond acceptors (Lipinski definition) is 2. The Morgan fingerprint density at radius 2 is 1.38 bits per heavy atom. The van der Waals surface area contributed by atoms with E-state index in [1.54, 1.807) is 0 Å². The molecule has 26 heavy (non-hydrogen) atoms. The Labute approximate surface area is 157 Å². The van der Waals surface area contributed by atoms with Crippen molar-refractivity contribution in [3.8, 4) is 0 Å². The molecule has 0 aromatic carbocycles. The minimum atomic E-state index is -1.51. The Balaban J connectivity index is 1.36. The average Bonchev–Trinajstić information content (AvgIpc) is 2.67. The highest BCUT2D eigenvalue weighted by molar-refractivity contribution is 4.92. The SMILES string of the molecule is C=CCCC1COC(C2CCC(C3CCC(C=C(F)F)CC3)CC2)OC1. The first kappa shape index (κ1) is 20.0. The third-order valence-electron chi connectivity index (χ3n) is 6.82. The molecule has 148 valence electrons. The van der Waals surface area contributed by atoms with Gasteiger partial charge in [0.05, 0.1) is 13.2 Å². The summed E-state index contributed by atoms with van der Waals surface area (Å²) in [6, 6.07) is 0. The van der Waals surface area contributed by atoms with E-state index in [0.29, 0.717) is 11.8 Å². The van der Waals surface area contributed by atoms with Crippen LogP contribution in [0.2, 0.25) is 0 Å². The van der Waals surface area contributed by atoms with Crippen molar-refractivity contribution in [3.63, 3.8) is 0 Å². The van der Waals surface area contributed by atoms with Crippen molar-refractivity contribution in [2.24, 2.45) is 29.6 Å². The summed E-state index contributed by atoms with van der Waals surface area (Å²) < 4.78 is 36.9. The maximum atomic E-state index is 12.4. The minimum absolute atomic E-state index is 0.00988. The zero-order valence-electron chi connectivity index (χ0n) is 15.9. The van der Waals surface area contributed by atoms with E-state index in [1.807, 2.05) is 6.08 Å². The highest BCUT2D eigenvalue weighted by Crippen LogP contribution is 2.43. The molecule has 1 heterocycles. The van der Waals surface area contributed by atoms with Crippen molar-refractivity contribution >= 4 is 0 Å². The summed E-state index contributed by atoms with van der Waals surface area (Å²) in [6.45, 7) is 5.42. The van der Waals surface area contributed by atoms with Gasteiger partial charge in [-0.05, 0) is 88.0 Å². The molecule has 2 aliphatic carbocycles. The van der Waals surface area contributed by atoms with Crippen LogP contribution in [0.3, 0.4) is 0 Å². The van der Waals surface area contributed by atoms with Crippen molar-refractivity contribution in [3.05, 3.63) is 24.8 Å². The van der Waals surface area contributed by atoms with E-state index >= 15 is 0 Å². The second-order valence-corrected chi connectivity index (χ2v) is 8.57. The summed E-state index contributed by atoms with van der Waals surface area (Å²) in [5, 5.41) is 0. The predicted octanol–water partition coefficient (Wildman–Crippen LogP) is 6.33. The maximum Gasteiger partial charge on any atom is 0.266 e. The lowest BCUT2D eigenvalue weighted by molar-refractivity contribution is -0.230. The third kappa shape index (κ3) is 5.63. The quantitative estimate of drug-likeness (QED) is 0.510. The molecule has 0 amide bonds. The Bertz CT molecular complexity index is 451. The fraction of sp³-hybridized carbons (Fsp3) is 0.818. The summed E-state index contributed by atoms with van der Waals surface area (Å²) in [5.41, 5.74) is 0. The second-order valence-electron chi connectivity index (χ2n) is 8.57.